The molecule has 1 aliphatic rings. The Balaban J connectivity index is 1.72. The van der Waals surface area contributed by atoms with Crippen LogP contribution in [0.1, 0.15) is 21.6 Å². The predicted molar refractivity (Wildman–Crippen MR) is 88.2 cm³/mol. The van der Waals surface area contributed by atoms with Crippen molar-refractivity contribution in [3.05, 3.63) is 58.8 Å². The van der Waals surface area contributed by atoms with Crippen molar-refractivity contribution in [2.24, 2.45) is 0 Å². The summed E-state index contributed by atoms with van der Waals surface area (Å²) < 4.78 is 27.6. The fraction of sp³-hybridized carbons (Fsp3) is 0.278. The Morgan fingerprint density at radius 2 is 1.76 bits per heavy atom. The largest absolute Gasteiger partial charge is 0.353 e. The number of pyridine rings is 1. The molecule has 0 radical (unpaired) electrons. The number of nitrogens with zero attached hydrogens (tertiary/aromatic N) is 4. The van der Waals surface area contributed by atoms with E-state index in [1.54, 1.807) is 0 Å². The number of carbonyl (C=O) groups is 1. The molecule has 2 aromatic rings. The molecule has 7 heteroatoms. The van der Waals surface area contributed by atoms with Gasteiger partial charge in [0, 0.05) is 26.2 Å². The summed E-state index contributed by atoms with van der Waals surface area (Å²) in [4.78, 5) is 20.1. The minimum atomic E-state index is -0.855. The van der Waals surface area contributed by atoms with Crippen molar-refractivity contribution in [2.45, 2.75) is 6.92 Å². The van der Waals surface area contributed by atoms with Crippen molar-refractivity contribution in [3.8, 4) is 6.07 Å². The first-order valence-corrected chi connectivity index (χ1v) is 7.87. The van der Waals surface area contributed by atoms with Crippen LogP contribution in [0, 0.1) is 29.9 Å². The highest BCUT2D eigenvalue weighted by atomic mass is 19.1. The third kappa shape index (κ3) is 3.29. The zero-order valence-corrected chi connectivity index (χ0v) is 13.7. The van der Waals surface area contributed by atoms with Gasteiger partial charge in [-0.05, 0) is 30.7 Å². The van der Waals surface area contributed by atoms with Gasteiger partial charge >= 0.3 is 0 Å². The van der Waals surface area contributed by atoms with Crippen LogP contribution in [0.5, 0.6) is 0 Å². The van der Waals surface area contributed by atoms with Gasteiger partial charge in [-0.25, -0.2) is 13.8 Å². The second-order valence-electron chi connectivity index (χ2n) is 5.82. The van der Waals surface area contributed by atoms with Crippen LogP contribution in [-0.4, -0.2) is 42.0 Å². The summed E-state index contributed by atoms with van der Waals surface area (Å²) in [5, 5.41) is 9.08. The lowest BCUT2D eigenvalue weighted by Crippen LogP contribution is -2.49. The highest BCUT2D eigenvalue weighted by Gasteiger charge is 2.27. The van der Waals surface area contributed by atoms with Crippen LogP contribution in [0.3, 0.4) is 0 Å². The highest BCUT2D eigenvalue weighted by Crippen LogP contribution is 2.19. The Morgan fingerprint density at radius 1 is 1.12 bits per heavy atom. The van der Waals surface area contributed by atoms with Crippen LogP contribution >= 0.6 is 0 Å². The maximum absolute atomic E-state index is 13.8. The smallest absolute Gasteiger partial charge is 0.259 e. The molecule has 0 saturated carbocycles. The molecule has 5 nitrogen and oxygen atoms in total. The van der Waals surface area contributed by atoms with Crippen LogP contribution in [0.2, 0.25) is 0 Å². The summed E-state index contributed by atoms with van der Waals surface area (Å²) in [6, 6.07) is 9.08. The molecule has 1 fully saturated rings. The summed E-state index contributed by atoms with van der Waals surface area (Å²) >= 11 is 0. The van der Waals surface area contributed by atoms with Gasteiger partial charge in [-0.1, -0.05) is 12.1 Å². The summed E-state index contributed by atoms with van der Waals surface area (Å²) in [7, 11) is 0. The number of aromatic nitrogens is 1. The van der Waals surface area contributed by atoms with Crippen molar-refractivity contribution in [3.63, 3.8) is 0 Å². The van der Waals surface area contributed by atoms with Crippen LogP contribution in [0.4, 0.5) is 14.6 Å². The van der Waals surface area contributed by atoms with E-state index in [0.717, 1.165) is 17.7 Å². The summed E-state index contributed by atoms with van der Waals surface area (Å²) in [5.41, 5.74) is 0.649. The third-order valence-corrected chi connectivity index (χ3v) is 4.26. The number of benzene rings is 1. The zero-order valence-electron chi connectivity index (χ0n) is 13.7. The van der Waals surface area contributed by atoms with Crippen molar-refractivity contribution < 1.29 is 13.6 Å². The Hall–Kier alpha value is -3.01. The van der Waals surface area contributed by atoms with Gasteiger partial charge in [0.1, 0.15) is 34.8 Å². The molecule has 0 bridgehead atoms. The van der Waals surface area contributed by atoms with Gasteiger partial charge in [0.25, 0.3) is 5.91 Å². The zero-order chi connectivity index (χ0) is 18.0. The Labute approximate surface area is 144 Å². The van der Waals surface area contributed by atoms with E-state index in [1.165, 1.54) is 11.0 Å². The van der Waals surface area contributed by atoms with Gasteiger partial charge < -0.3 is 9.80 Å². The van der Waals surface area contributed by atoms with Gasteiger partial charge in [-0.3, -0.25) is 4.79 Å². The highest BCUT2D eigenvalue weighted by molar-refractivity contribution is 5.95. The number of rotatable bonds is 2. The van der Waals surface area contributed by atoms with Gasteiger partial charge in [0.15, 0.2) is 0 Å². The number of piperazine rings is 1. The van der Waals surface area contributed by atoms with E-state index in [1.807, 2.05) is 24.0 Å². The first-order valence-electron chi connectivity index (χ1n) is 7.87. The Morgan fingerprint density at radius 3 is 2.36 bits per heavy atom. The predicted octanol–water partition coefficient (Wildman–Crippen LogP) is 2.50. The van der Waals surface area contributed by atoms with Crippen molar-refractivity contribution in [1.82, 2.24) is 9.88 Å². The summed E-state index contributed by atoms with van der Waals surface area (Å²) in [6.45, 7) is 3.41. The molecule has 0 unspecified atom stereocenters. The molecule has 128 valence electrons. The number of nitriles is 1. The number of aryl methyl sites for hydroxylation is 1. The van der Waals surface area contributed by atoms with Gasteiger partial charge in [0.05, 0.1) is 0 Å². The van der Waals surface area contributed by atoms with Crippen LogP contribution < -0.4 is 4.90 Å². The molecule has 0 atom stereocenters. The summed E-state index contributed by atoms with van der Waals surface area (Å²) in [5.74, 6) is -1.70. The molecule has 1 saturated heterocycles. The minimum absolute atomic E-state index is 0.323. The fourth-order valence-corrected chi connectivity index (χ4v) is 2.81. The average Bonchev–Trinajstić information content (AvgIpc) is 2.62. The van der Waals surface area contributed by atoms with E-state index in [4.69, 9.17) is 5.26 Å². The van der Waals surface area contributed by atoms with E-state index in [2.05, 4.69) is 11.1 Å². The van der Waals surface area contributed by atoms with Crippen LogP contribution in [0.25, 0.3) is 0 Å². The molecular weight excluding hydrogens is 326 g/mol. The first kappa shape index (κ1) is 16.8. The Bertz CT molecular complexity index is 834. The SMILES string of the molecule is Cc1ccc(N2CCN(C(=O)c3c(F)cccc3F)CC2)nc1C#N. The molecular formula is C18H16F2N4O. The number of halogens is 2. The van der Waals surface area contributed by atoms with Gasteiger partial charge in [-0.15, -0.1) is 0 Å². The Kier molecular flexibility index (Phi) is 4.61. The lowest BCUT2D eigenvalue weighted by atomic mass is 10.1. The monoisotopic (exact) mass is 342 g/mol. The maximum atomic E-state index is 13.8. The minimum Gasteiger partial charge on any atom is -0.353 e. The number of anilines is 1. The van der Waals surface area contributed by atoms with E-state index in [-0.39, 0.29) is 0 Å². The average molecular weight is 342 g/mol. The number of hydrogen-bond donors (Lipinski definition) is 0. The van der Waals surface area contributed by atoms with Gasteiger partial charge in [0.2, 0.25) is 0 Å². The molecule has 2 heterocycles. The molecule has 0 spiro atoms. The molecule has 1 aromatic heterocycles. The molecule has 3 rings (SSSR count). The lowest BCUT2D eigenvalue weighted by molar-refractivity contribution is 0.0736. The maximum Gasteiger partial charge on any atom is 0.259 e. The molecule has 0 N–H and O–H groups in total. The van der Waals surface area contributed by atoms with E-state index in [9.17, 15) is 13.6 Å². The van der Waals surface area contributed by atoms with E-state index in [0.29, 0.717) is 37.7 Å². The topological polar surface area (TPSA) is 60.2 Å². The van der Waals surface area contributed by atoms with Crippen LogP contribution in [0.15, 0.2) is 30.3 Å². The number of hydrogen-bond acceptors (Lipinski definition) is 4. The normalized spacial score (nSPS) is 14.3. The van der Waals surface area contributed by atoms with E-state index >= 15 is 0 Å². The van der Waals surface area contributed by atoms with Crippen molar-refractivity contribution >= 4 is 11.7 Å². The second kappa shape index (κ2) is 6.85. The molecule has 0 aliphatic carbocycles. The van der Waals surface area contributed by atoms with Crippen molar-refractivity contribution in [1.29, 1.82) is 5.26 Å². The first-order chi connectivity index (χ1) is 12.0. The molecule has 1 amide bonds. The molecule has 1 aliphatic heterocycles. The summed E-state index contributed by atoms with van der Waals surface area (Å²) in [6.07, 6.45) is 0. The fourth-order valence-electron chi connectivity index (χ4n) is 2.81. The quantitative estimate of drug-likeness (QED) is 0.841. The second-order valence-corrected chi connectivity index (χ2v) is 5.82. The lowest BCUT2D eigenvalue weighted by Gasteiger charge is -2.35. The van der Waals surface area contributed by atoms with Crippen molar-refractivity contribution in [2.75, 3.05) is 31.1 Å². The molecule has 1 aromatic carbocycles. The van der Waals surface area contributed by atoms with E-state index < -0.39 is 23.1 Å². The standard InChI is InChI=1S/C18H16F2N4O/c1-12-5-6-16(22-15(12)11-21)23-7-9-24(10-8-23)18(25)17-13(19)3-2-4-14(17)20/h2-6H,7-10H2,1H3. The number of amides is 1. The molecule has 25 heavy (non-hydrogen) atoms. The van der Waals surface area contributed by atoms with Crippen LogP contribution in [-0.2, 0) is 0 Å². The number of carbonyl (C=O) groups excluding carboxylic acids is 1. The van der Waals surface area contributed by atoms with Gasteiger partial charge in [-0.2, -0.15) is 5.26 Å². The third-order valence-electron chi connectivity index (χ3n) is 4.26.